The van der Waals surface area contributed by atoms with Crippen LogP contribution in [0.5, 0.6) is 0 Å². The van der Waals surface area contributed by atoms with Gasteiger partial charge >= 0.3 is 0 Å². The lowest BCUT2D eigenvalue weighted by molar-refractivity contribution is 0.153. The SMILES string of the molecule is Cc1cc(C)c(CCCN2CCN(C)CC2)c(-c2ccc(F)cc2C)c1. The maximum absolute atomic E-state index is 13.5. The van der Waals surface area contributed by atoms with Crippen molar-refractivity contribution in [3.8, 4) is 11.1 Å². The van der Waals surface area contributed by atoms with Crippen LogP contribution in [0.15, 0.2) is 30.3 Å². The monoisotopic (exact) mass is 354 g/mol. The van der Waals surface area contributed by atoms with Gasteiger partial charge in [-0.25, -0.2) is 4.39 Å². The van der Waals surface area contributed by atoms with Gasteiger partial charge < -0.3 is 9.80 Å². The molecular formula is C23H31FN2. The Labute approximate surface area is 157 Å². The number of benzene rings is 2. The van der Waals surface area contributed by atoms with Gasteiger partial charge in [0.25, 0.3) is 0 Å². The van der Waals surface area contributed by atoms with Gasteiger partial charge in [0.2, 0.25) is 0 Å². The summed E-state index contributed by atoms with van der Waals surface area (Å²) in [6.07, 6.45) is 2.24. The fourth-order valence-corrected chi connectivity index (χ4v) is 4.05. The zero-order valence-electron chi connectivity index (χ0n) is 16.6. The molecule has 3 heteroatoms. The topological polar surface area (TPSA) is 6.48 Å². The quantitative estimate of drug-likeness (QED) is 0.774. The van der Waals surface area contributed by atoms with Crippen molar-refractivity contribution >= 4 is 0 Å². The maximum atomic E-state index is 13.5. The summed E-state index contributed by atoms with van der Waals surface area (Å²) in [4.78, 5) is 4.97. The largest absolute Gasteiger partial charge is 0.304 e. The molecule has 0 radical (unpaired) electrons. The number of nitrogens with zero attached hydrogens (tertiary/aromatic N) is 2. The third kappa shape index (κ3) is 4.52. The van der Waals surface area contributed by atoms with Gasteiger partial charge in [0.1, 0.15) is 5.82 Å². The van der Waals surface area contributed by atoms with Crippen molar-refractivity contribution in [3.63, 3.8) is 0 Å². The second-order valence-electron chi connectivity index (χ2n) is 7.82. The molecule has 0 bridgehead atoms. The highest BCUT2D eigenvalue weighted by molar-refractivity contribution is 5.72. The molecule has 0 N–H and O–H groups in total. The van der Waals surface area contributed by atoms with Crippen LogP contribution < -0.4 is 0 Å². The molecule has 0 saturated carbocycles. The second kappa shape index (κ2) is 8.32. The van der Waals surface area contributed by atoms with Crippen LogP contribution in [-0.4, -0.2) is 49.6 Å². The second-order valence-corrected chi connectivity index (χ2v) is 7.82. The van der Waals surface area contributed by atoms with E-state index in [2.05, 4.69) is 42.8 Å². The first kappa shape index (κ1) is 19.1. The van der Waals surface area contributed by atoms with Crippen LogP contribution in [0.2, 0.25) is 0 Å². The van der Waals surface area contributed by atoms with Crippen molar-refractivity contribution in [2.24, 2.45) is 0 Å². The molecule has 3 rings (SSSR count). The van der Waals surface area contributed by atoms with Crippen molar-refractivity contribution in [3.05, 3.63) is 58.4 Å². The fraction of sp³-hybridized carbons (Fsp3) is 0.478. The summed E-state index contributed by atoms with van der Waals surface area (Å²) in [7, 11) is 2.20. The molecule has 1 saturated heterocycles. The highest BCUT2D eigenvalue weighted by Crippen LogP contribution is 2.31. The van der Waals surface area contributed by atoms with E-state index < -0.39 is 0 Å². The summed E-state index contributed by atoms with van der Waals surface area (Å²) in [5.41, 5.74) is 7.48. The summed E-state index contributed by atoms with van der Waals surface area (Å²) in [5.74, 6) is -0.160. The minimum Gasteiger partial charge on any atom is -0.304 e. The van der Waals surface area contributed by atoms with Crippen LogP contribution in [0.4, 0.5) is 4.39 Å². The minimum absolute atomic E-state index is 0.160. The van der Waals surface area contributed by atoms with E-state index >= 15 is 0 Å². The molecule has 26 heavy (non-hydrogen) atoms. The highest BCUT2D eigenvalue weighted by atomic mass is 19.1. The van der Waals surface area contributed by atoms with Crippen LogP contribution in [0, 0.1) is 26.6 Å². The molecule has 1 aliphatic rings. The minimum atomic E-state index is -0.160. The van der Waals surface area contributed by atoms with Crippen molar-refractivity contribution < 1.29 is 4.39 Å². The van der Waals surface area contributed by atoms with Gasteiger partial charge in [0, 0.05) is 26.2 Å². The third-order valence-electron chi connectivity index (χ3n) is 5.59. The molecule has 1 heterocycles. The summed E-state index contributed by atoms with van der Waals surface area (Å²) in [6, 6.07) is 9.68. The van der Waals surface area contributed by atoms with Crippen LogP contribution >= 0.6 is 0 Å². The molecule has 0 atom stereocenters. The molecule has 0 unspecified atom stereocenters. The Morgan fingerprint density at radius 1 is 0.885 bits per heavy atom. The predicted molar refractivity (Wildman–Crippen MR) is 108 cm³/mol. The third-order valence-corrected chi connectivity index (χ3v) is 5.59. The normalized spacial score (nSPS) is 16.2. The smallest absolute Gasteiger partial charge is 0.123 e. The Morgan fingerprint density at radius 2 is 1.62 bits per heavy atom. The van der Waals surface area contributed by atoms with Crippen LogP contribution in [0.1, 0.15) is 28.7 Å². The molecule has 2 aromatic rings. The molecule has 1 aliphatic heterocycles. The number of halogens is 1. The number of aryl methyl sites for hydroxylation is 3. The Kier molecular flexibility index (Phi) is 6.10. The molecule has 0 amide bonds. The van der Waals surface area contributed by atoms with E-state index in [0.717, 1.165) is 24.1 Å². The molecule has 0 spiro atoms. The summed E-state index contributed by atoms with van der Waals surface area (Å²) >= 11 is 0. The van der Waals surface area contributed by atoms with Gasteiger partial charge in [-0.05, 0) is 87.2 Å². The van der Waals surface area contributed by atoms with Gasteiger partial charge in [0.05, 0.1) is 0 Å². The zero-order valence-corrected chi connectivity index (χ0v) is 16.6. The number of hydrogen-bond donors (Lipinski definition) is 0. The number of likely N-dealkylation sites (N-methyl/N-ethyl adjacent to an activating group) is 1. The Hall–Kier alpha value is -1.71. The van der Waals surface area contributed by atoms with Crippen molar-refractivity contribution in [1.29, 1.82) is 0 Å². The lowest BCUT2D eigenvalue weighted by atomic mass is 9.89. The van der Waals surface area contributed by atoms with Crippen molar-refractivity contribution in [2.45, 2.75) is 33.6 Å². The van der Waals surface area contributed by atoms with E-state index in [0.29, 0.717) is 0 Å². The summed E-state index contributed by atoms with van der Waals surface area (Å²) < 4.78 is 13.5. The van der Waals surface area contributed by atoms with Crippen molar-refractivity contribution in [1.82, 2.24) is 9.80 Å². The van der Waals surface area contributed by atoms with E-state index in [9.17, 15) is 4.39 Å². The molecule has 1 fully saturated rings. The first-order valence-electron chi connectivity index (χ1n) is 9.71. The number of hydrogen-bond acceptors (Lipinski definition) is 2. The molecule has 0 aliphatic carbocycles. The van der Waals surface area contributed by atoms with Crippen LogP contribution in [0.25, 0.3) is 11.1 Å². The standard InChI is InChI=1S/C23H31FN2/c1-17-14-18(2)21(6-5-9-26-12-10-25(4)11-13-26)23(15-17)22-8-7-20(24)16-19(22)3/h7-8,14-16H,5-6,9-13H2,1-4H3. The Bertz CT molecular complexity index is 761. The van der Waals surface area contributed by atoms with Gasteiger partial charge in [-0.2, -0.15) is 0 Å². The van der Waals surface area contributed by atoms with E-state index in [1.807, 2.05) is 13.0 Å². The summed E-state index contributed by atoms with van der Waals surface area (Å²) in [6.45, 7) is 12.2. The number of rotatable bonds is 5. The molecule has 2 aromatic carbocycles. The van der Waals surface area contributed by atoms with Gasteiger partial charge in [-0.3, -0.25) is 0 Å². The first-order valence-corrected chi connectivity index (χ1v) is 9.71. The predicted octanol–water partition coefficient (Wildman–Crippen LogP) is 4.60. The average Bonchev–Trinajstić information content (AvgIpc) is 2.58. The molecule has 140 valence electrons. The van der Waals surface area contributed by atoms with E-state index in [1.165, 1.54) is 54.9 Å². The number of piperazine rings is 1. The lowest BCUT2D eigenvalue weighted by Crippen LogP contribution is -2.44. The van der Waals surface area contributed by atoms with E-state index in [4.69, 9.17) is 0 Å². The van der Waals surface area contributed by atoms with Gasteiger partial charge in [-0.1, -0.05) is 23.8 Å². The van der Waals surface area contributed by atoms with E-state index in [-0.39, 0.29) is 5.82 Å². The van der Waals surface area contributed by atoms with Crippen molar-refractivity contribution in [2.75, 3.05) is 39.8 Å². The highest BCUT2D eigenvalue weighted by Gasteiger charge is 2.15. The van der Waals surface area contributed by atoms with Crippen LogP contribution in [0.3, 0.4) is 0 Å². The summed E-state index contributed by atoms with van der Waals surface area (Å²) in [5, 5.41) is 0. The molecular weight excluding hydrogens is 323 g/mol. The van der Waals surface area contributed by atoms with Gasteiger partial charge in [-0.15, -0.1) is 0 Å². The Morgan fingerprint density at radius 3 is 2.31 bits per heavy atom. The average molecular weight is 355 g/mol. The Balaban J connectivity index is 1.78. The lowest BCUT2D eigenvalue weighted by Gasteiger charge is -2.32. The molecule has 0 aromatic heterocycles. The maximum Gasteiger partial charge on any atom is 0.123 e. The zero-order chi connectivity index (χ0) is 18.7. The fourth-order valence-electron chi connectivity index (χ4n) is 4.05. The van der Waals surface area contributed by atoms with E-state index in [1.54, 1.807) is 12.1 Å². The first-order chi connectivity index (χ1) is 12.4. The molecule has 2 nitrogen and oxygen atoms in total. The van der Waals surface area contributed by atoms with Crippen LogP contribution in [-0.2, 0) is 6.42 Å². The van der Waals surface area contributed by atoms with Gasteiger partial charge in [0.15, 0.2) is 0 Å².